The quantitative estimate of drug-likeness (QED) is 0.741. The van der Waals surface area contributed by atoms with Gasteiger partial charge >= 0.3 is 0 Å². The molecule has 1 aromatic rings. The Morgan fingerprint density at radius 2 is 2.00 bits per heavy atom. The maximum absolute atomic E-state index is 12.5. The van der Waals surface area contributed by atoms with Crippen LogP contribution in [0, 0.1) is 3.57 Å². The zero-order chi connectivity index (χ0) is 14.3. The molecule has 106 valence electrons. The number of hydrogen-bond acceptors (Lipinski definition) is 2. The molecule has 1 aromatic carbocycles. The topological polar surface area (TPSA) is 20.3 Å². The number of benzene rings is 1. The number of rotatable bonds is 3. The van der Waals surface area contributed by atoms with Crippen LogP contribution < -0.4 is 0 Å². The summed E-state index contributed by atoms with van der Waals surface area (Å²) in [5.74, 6) is 0.329. The van der Waals surface area contributed by atoms with Crippen molar-refractivity contribution in [2.24, 2.45) is 0 Å². The summed E-state index contributed by atoms with van der Waals surface area (Å²) in [7, 11) is 2.18. The van der Waals surface area contributed by atoms with E-state index in [1.165, 1.54) is 21.1 Å². The molecular weight excluding hydrogens is 361 g/mol. The van der Waals surface area contributed by atoms with Gasteiger partial charge in [-0.1, -0.05) is 19.1 Å². The molecule has 2 unspecified atom stereocenters. The van der Waals surface area contributed by atoms with Crippen LogP contribution in [-0.2, 0) is 4.79 Å². The van der Waals surface area contributed by atoms with Crippen LogP contribution in [-0.4, -0.2) is 29.8 Å². The van der Waals surface area contributed by atoms with Crippen molar-refractivity contribution in [1.82, 2.24) is 4.90 Å². The summed E-state index contributed by atoms with van der Waals surface area (Å²) in [5, 5.41) is 0. The minimum atomic E-state index is 0.329. The van der Waals surface area contributed by atoms with Crippen molar-refractivity contribution in [2.45, 2.75) is 44.7 Å². The molecule has 0 N–H and O–H groups in total. The van der Waals surface area contributed by atoms with Gasteiger partial charge < -0.3 is 0 Å². The molecule has 2 atom stereocenters. The number of halogens is 1. The number of carbonyl (C=O) groups is 1. The Morgan fingerprint density at radius 1 is 1.30 bits per heavy atom. The first-order chi connectivity index (χ1) is 9.61. The molecule has 2 nitrogen and oxygen atoms in total. The molecule has 20 heavy (non-hydrogen) atoms. The van der Waals surface area contributed by atoms with Gasteiger partial charge in [0.05, 0.1) is 0 Å². The van der Waals surface area contributed by atoms with Crippen LogP contribution >= 0.6 is 22.6 Å². The standard InChI is InChI=1S/C17H20INO/c1-3-16(20)17-14(11-4-6-12(18)7-5-11)10-13-8-9-15(17)19(13)2/h4-7,13,15H,3,8-10H2,1-2H3. The normalized spacial score (nSPS) is 26.1. The molecule has 0 saturated carbocycles. The molecule has 2 aliphatic rings. The lowest BCUT2D eigenvalue weighted by atomic mass is 9.86. The highest BCUT2D eigenvalue weighted by Gasteiger charge is 2.41. The van der Waals surface area contributed by atoms with Crippen molar-refractivity contribution >= 4 is 33.9 Å². The van der Waals surface area contributed by atoms with Crippen LogP contribution in [0.1, 0.15) is 38.2 Å². The molecular formula is C17H20INO. The van der Waals surface area contributed by atoms with Crippen molar-refractivity contribution in [3.8, 4) is 0 Å². The van der Waals surface area contributed by atoms with Gasteiger partial charge in [0.25, 0.3) is 0 Å². The average Bonchev–Trinajstić information content (AvgIpc) is 2.70. The number of carbonyl (C=O) groups excluding carboxylic acids is 1. The van der Waals surface area contributed by atoms with Crippen LogP contribution in [0.5, 0.6) is 0 Å². The zero-order valence-electron chi connectivity index (χ0n) is 12.0. The highest BCUT2D eigenvalue weighted by Crippen LogP contribution is 2.42. The predicted octanol–water partition coefficient (Wildman–Crippen LogP) is 3.89. The van der Waals surface area contributed by atoms with Crippen molar-refractivity contribution in [3.63, 3.8) is 0 Å². The van der Waals surface area contributed by atoms with Crippen LogP contribution in [0.25, 0.3) is 5.57 Å². The Balaban J connectivity index is 2.10. The summed E-state index contributed by atoms with van der Waals surface area (Å²) in [6, 6.07) is 9.57. The van der Waals surface area contributed by atoms with E-state index >= 15 is 0 Å². The van der Waals surface area contributed by atoms with Gasteiger partial charge in [0.2, 0.25) is 0 Å². The van der Waals surface area contributed by atoms with Gasteiger partial charge in [-0.3, -0.25) is 9.69 Å². The second kappa shape index (κ2) is 5.60. The van der Waals surface area contributed by atoms with Gasteiger partial charge in [-0.15, -0.1) is 0 Å². The first-order valence-corrected chi connectivity index (χ1v) is 8.43. The molecule has 0 radical (unpaired) electrons. The molecule has 3 heteroatoms. The Hall–Kier alpha value is -0.680. The van der Waals surface area contributed by atoms with E-state index in [4.69, 9.17) is 0 Å². The molecule has 3 rings (SSSR count). The molecule has 2 aliphatic heterocycles. The fourth-order valence-corrected chi connectivity index (χ4v) is 3.98. The average molecular weight is 381 g/mol. The molecule has 2 bridgehead atoms. The summed E-state index contributed by atoms with van der Waals surface area (Å²) in [6.45, 7) is 1.97. The lowest BCUT2D eigenvalue weighted by Gasteiger charge is -2.35. The van der Waals surface area contributed by atoms with Crippen LogP contribution in [0.4, 0.5) is 0 Å². The number of hydrogen-bond donors (Lipinski definition) is 0. The van der Waals surface area contributed by atoms with E-state index in [9.17, 15) is 4.79 Å². The summed E-state index contributed by atoms with van der Waals surface area (Å²) < 4.78 is 1.24. The molecule has 0 spiro atoms. The summed E-state index contributed by atoms with van der Waals surface area (Å²) in [6.07, 6.45) is 3.98. The number of ketones is 1. The Bertz CT molecular complexity index is 561. The molecule has 0 amide bonds. The Kier molecular flexibility index (Phi) is 4.00. The Labute approximate surface area is 134 Å². The van der Waals surface area contributed by atoms with Crippen molar-refractivity contribution in [3.05, 3.63) is 39.0 Å². The van der Waals surface area contributed by atoms with E-state index in [0.717, 1.165) is 18.4 Å². The molecule has 0 aliphatic carbocycles. The van der Waals surface area contributed by atoms with Gasteiger partial charge in [-0.05, 0) is 72.2 Å². The third kappa shape index (κ3) is 2.35. The van der Waals surface area contributed by atoms with Crippen molar-refractivity contribution < 1.29 is 4.79 Å². The van der Waals surface area contributed by atoms with Gasteiger partial charge in [-0.2, -0.15) is 0 Å². The van der Waals surface area contributed by atoms with E-state index < -0.39 is 0 Å². The van der Waals surface area contributed by atoms with Crippen molar-refractivity contribution in [1.29, 1.82) is 0 Å². The first kappa shape index (κ1) is 14.3. The number of Topliss-reactive ketones (excluding diaryl/α,β-unsaturated/α-hetero) is 1. The van der Waals surface area contributed by atoms with E-state index in [-0.39, 0.29) is 0 Å². The maximum Gasteiger partial charge on any atom is 0.160 e. The van der Waals surface area contributed by atoms with E-state index in [0.29, 0.717) is 24.3 Å². The third-order valence-corrected chi connectivity index (χ3v) is 5.47. The number of likely N-dealkylation sites (N-methyl/N-ethyl adjacent to an activating group) is 1. The molecule has 1 saturated heterocycles. The smallest absolute Gasteiger partial charge is 0.160 e. The molecule has 1 fully saturated rings. The van der Waals surface area contributed by atoms with Crippen LogP contribution in [0.3, 0.4) is 0 Å². The maximum atomic E-state index is 12.5. The lowest BCUT2D eigenvalue weighted by molar-refractivity contribution is -0.115. The van der Waals surface area contributed by atoms with Gasteiger partial charge in [0.1, 0.15) is 0 Å². The highest BCUT2D eigenvalue weighted by atomic mass is 127. The molecule has 0 aromatic heterocycles. The van der Waals surface area contributed by atoms with Gasteiger partial charge in [0.15, 0.2) is 5.78 Å². The van der Waals surface area contributed by atoms with E-state index in [1.54, 1.807) is 0 Å². The van der Waals surface area contributed by atoms with E-state index in [2.05, 4.69) is 58.8 Å². The third-order valence-electron chi connectivity index (χ3n) is 4.75. The zero-order valence-corrected chi connectivity index (χ0v) is 14.2. The second-order valence-electron chi connectivity index (χ2n) is 5.79. The summed E-state index contributed by atoms with van der Waals surface area (Å²) in [5.41, 5.74) is 3.64. The number of nitrogens with zero attached hydrogens (tertiary/aromatic N) is 1. The lowest BCUT2D eigenvalue weighted by Crippen LogP contribution is -2.39. The SMILES string of the molecule is CCC(=O)C1=C(c2ccc(I)cc2)CC2CCC1N2C. The minimum absolute atomic E-state index is 0.329. The van der Waals surface area contributed by atoms with E-state index in [1.807, 2.05) is 6.92 Å². The van der Waals surface area contributed by atoms with Gasteiger partial charge in [-0.25, -0.2) is 0 Å². The minimum Gasteiger partial charge on any atom is -0.296 e. The molecule has 2 heterocycles. The Morgan fingerprint density at radius 3 is 2.65 bits per heavy atom. The van der Waals surface area contributed by atoms with Crippen LogP contribution in [0.15, 0.2) is 29.8 Å². The fraction of sp³-hybridized carbons (Fsp3) is 0.471. The highest BCUT2D eigenvalue weighted by molar-refractivity contribution is 14.1. The summed E-state index contributed by atoms with van der Waals surface area (Å²) >= 11 is 2.33. The summed E-state index contributed by atoms with van der Waals surface area (Å²) in [4.78, 5) is 14.9. The monoisotopic (exact) mass is 381 g/mol. The predicted molar refractivity (Wildman–Crippen MR) is 90.6 cm³/mol. The van der Waals surface area contributed by atoms with Gasteiger partial charge in [0, 0.05) is 27.6 Å². The van der Waals surface area contributed by atoms with Crippen LogP contribution in [0.2, 0.25) is 0 Å². The largest absolute Gasteiger partial charge is 0.296 e. The first-order valence-electron chi connectivity index (χ1n) is 7.36. The van der Waals surface area contributed by atoms with Crippen molar-refractivity contribution in [2.75, 3.05) is 7.05 Å². The number of fused-ring (bicyclic) bond motifs is 2. The second-order valence-corrected chi connectivity index (χ2v) is 7.04. The fourth-order valence-electron chi connectivity index (χ4n) is 3.62.